The molecule has 22 heavy (non-hydrogen) atoms. The Morgan fingerprint density at radius 2 is 2.05 bits per heavy atom. The van der Waals surface area contributed by atoms with Crippen LogP contribution in [0.2, 0.25) is 0 Å². The van der Waals surface area contributed by atoms with Gasteiger partial charge in [-0.2, -0.15) is 0 Å². The van der Waals surface area contributed by atoms with Crippen molar-refractivity contribution in [2.24, 2.45) is 5.92 Å². The summed E-state index contributed by atoms with van der Waals surface area (Å²) in [4.78, 5) is 12.0. The van der Waals surface area contributed by atoms with E-state index >= 15 is 0 Å². The van der Waals surface area contributed by atoms with Gasteiger partial charge in [0.25, 0.3) is 0 Å². The molecule has 0 radical (unpaired) electrons. The van der Waals surface area contributed by atoms with Crippen LogP contribution in [0.25, 0.3) is 0 Å². The Balaban J connectivity index is 1.91. The fraction of sp³-hybridized carbons (Fsp3) is 0.533. The molecule has 0 saturated heterocycles. The monoisotopic (exact) mass is 328 g/mol. The number of benzene rings is 1. The molecule has 1 aromatic rings. The van der Waals surface area contributed by atoms with Crippen LogP contribution < -0.4 is 10.0 Å². The average Bonchev–Trinajstić information content (AvgIpc) is 2.90. The van der Waals surface area contributed by atoms with Gasteiger partial charge in [-0.15, -0.1) is 0 Å². The minimum Gasteiger partial charge on any atom is -0.353 e. The fourth-order valence-electron chi connectivity index (χ4n) is 2.59. The third-order valence-electron chi connectivity index (χ3n) is 3.72. The first-order valence-corrected chi connectivity index (χ1v) is 9.07. The van der Waals surface area contributed by atoms with E-state index in [1.807, 2.05) is 0 Å². The fourth-order valence-corrected chi connectivity index (χ4v) is 3.97. The summed E-state index contributed by atoms with van der Waals surface area (Å²) in [6.07, 6.45) is 4.09. The highest BCUT2D eigenvalue weighted by molar-refractivity contribution is 7.92. The van der Waals surface area contributed by atoms with Gasteiger partial charge in [0.2, 0.25) is 15.9 Å². The summed E-state index contributed by atoms with van der Waals surface area (Å²) in [7, 11) is -3.71. The first kappa shape index (κ1) is 16.7. The highest BCUT2D eigenvalue weighted by Crippen LogP contribution is 2.18. The Kier molecular flexibility index (Phi) is 5.39. The summed E-state index contributed by atoms with van der Waals surface area (Å²) < 4.78 is 39.5. The lowest BCUT2D eigenvalue weighted by atomic mass is 10.1. The topological polar surface area (TPSA) is 75.3 Å². The van der Waals surface area contributed by atoms with Crippen LogP contribution in [0, 0.1) is 11.7 Å². The van der Waals surface area contributed by atoms with Crippen LogP contribution in [0.1, 0.15) is 32.6 Å². The zero-order chi connectivity index (χ0) is 16.2. The third kappa shape index (κ3) is 4.98. The molecule has 1 aliphatic carbocycles. The van der Waals surface area contributed by atoms with E-state index in [0.29, 0.717) is 0 Å². The van der Waals surface area contributed by atoms with Crippen molar-refractivity contribution >= 4 is 21.6 Å². The number of amides is 1. The molecule has 2 N–H and O–H groups in total. The zero-order valence-corrected chi connectivity index (χ0v) is 13.3. The van der Waals surface area contributed by atoms with Crippen LogP contribution in [0.15, 0.2) is 24.3 Å². The van der Waals surface area contributed by atoms with Crippen molar-refractivity contribution in [1.82, 2.24) is 5.32 Å². The van der Waals surface area contributed by atoms with E-state index in [4.69, 9.17) is 0 Å². The average molecular weight is 328 g/mol. The van der Waals surface area contributed by atoms with Crippen molar-refractivity contribution in [1.29, 1.82) is 0 Å². The van der Waals surface area contributed by atoms with E-state index in [1.165, 1.54) is 18.2 Å². The van der Waals surface area contributed by atoms with Gasteiger partial charge in [0, 0.05) is 6.04 Å². The van der Waals surface area contributed by atoms with Gasteiger partial charge in [0.1, 0.15) is 5.82 Å². The molecule has 1 aromatic carbocycles. The molecule has 0 aliphatic heterocycles. The lowest BCUT2D eigenvalue weighted by Crippen LogP contribution is -2.39. The largest absolute Gasteiger partial charge is 0.353 e. The highest BCUT2D eigenvalue weighted by Gasteiger charge is 2.24. The van der Waals surface area contributed by atoms with Gasteiger partial charge >= 0.3 is 0 Å². The molecule has 1 fully saturated rings. The van der Waals surface area contributed by atoms with Crippen LogP contribution in [0.4, 0.5) is 10.1 Å². The molecule has 7 heteroatoms. The molecule has 5 nitrogen and oxygen atoms in total. The van der Waals surface area contributed by atoms with Crippen LogP contribution in [0.3, 0.4) is 0 Å². The van der Waals surface area contributed by atoms with E-state index in [0.717, 1.165) is 31.7 Å². The highest BCUT2D eigenvalue weighted by atomic mass is 32.2. The Hall–Kier alpha value is -1.63. The molecular weight excluding hydrogens is 307 g/mol. The normalized spacial score (nSPS) is 17.2. The van der Waals surface area contributed by atoms with Crippen LogP contribution in [-0.4, -0.2) is 26.1 Å². The maximum absolute atomic E-state index is 13.1. The Bertz CT molecular complexity index is 627. The SMILES string of the molecule is CC(CS(=O)(=O)Nc1cccc(F)c1)C(=O)NC1CCCC1. The molecular formula is C15H21FN2O3S. The summed E-state index contributed by atoms with van der Waals surface area (Å²) in [5, 5.41) is 2.88. The quantitative estimate of drug-likeness (QED) is 0.841. The van der Waals surface area contributed by atoms with Gasteiger partial charge in [-0.1, -0.05) is 25.8 Å². The number of sulfonamides is 1. The molecule has 0 spiro atoms. The minimum absolute atomic E-state index is 0.156. The Labute approximate surface area is 130 Å². The Morgan fingerprint density at radius 3 is 2.68 bits per heavy atom. The smallest absolute Gasteiger partial charge is 0.233 e. The maximum Gasteiger partial charge on any atom is 0.233 e. The maximum atomic E-state index is 13.1. The van der Waals surface area contributed by atoms with Crippen LogP contribution in [-0.2, 0) is 14.8 Å². The molecule has 1 amide bonds. The van der Waals surface area contributed by atoms with Crippen molar-refractivity contribution in [3.8, 4) is 0 Å². The van der Waals surface area contributed by atoms with Crippen molar-refractivity contribution < 1.29 is 17.6 Å². The predicted octanol–water partition coefficient (Wildman–Crippen LogP) is 2.26. The summed E-state index contributed by atoms with van der Waals surface area (Å²) in [5.74, 6) is -1.77. The predicted molar refractivity (Wildman–Crippen MR) is 83.4 cm³/mol. The van der Waals surface area contributed by atoms with Crippen molar-refractivity contribution in [2.75, 3.05) is 10.5 Å². The second-order valence-corrected chi connectivity index (χ2v) is 7.55. The van der Waals surface area contributed by atoms with Gasteiger partial charge in [-0.25, -0.2) is 12.8 Å². The number of carbonyl (C=O) groups excluding carboxylic acids is 1. The second-order valence-electron chi connectivity index (χ2n) is 5.78. The van der Waals surface area contributed by atoms with Crippen LogP contribution in [0.5, 0.6) is 0 Å². The van der Waals surface area contributed by atoms with E-state index < -0.39 is 21.8 Å². The van der Waals surface area contributed by atoms with E-state index in [1.54, 1.807) is 6.92 Å². The van der Waals surface area contributed by atoms with Gasteiger partial charge < -0.3 is 5.32 Å². The molecule has 2 rings (SSSR count). The summed E-state index contributed by atoms with van der Waals surface area (Å²) in [6.45, 7) is 1.58. The molecule has 1 unspecified atom stereocenters. The first-order valence-electron chi connectivity index (χ1n) is 7.42. The standard InChI is InChI=1S/C15H21FN2O3S/c1-11(15(19)17-13-6-2-3-7-13)10-22(20,21)18-14-8-4-5-12(16)9-14/h4-5,8-9,11,13,18H,2-3,6-7,10H2,1H3,(H,17,19). The Morgan fingerprint density at radius 1 is 1.36 bits per heavy atom. The molecule has 122 valence electrons. The van der Waals surface area contributed by atoms with Gasteiger partial charge in [0.15, 0.2) is 0 Å². The molecule has 0 aromatic heterocycles. The minimum atomic E-state index is -3.71. The number of carbonyl (C=O) groups is 1. The number of nitrogens with one attached hydrogen (secondary N) is 2. The molecule has 0 bridgehead atoms. The van der Waals surface area contributed by atoms with E-state index in [9.17, 15) is 17.6 Å². The van der Waals surface area contributed by atoms with Crippen molar-refractivity contribution in [3.05, 3.63) is 30.1 Å². The molecule has 1 aliphatic rings. The third-order valence-corrected chi connectivity index (χ3v) is 5.20. The van der Waals surface area contributed by atoms with Gasteiger partial charge in [-0.3, -0.25) is 9.52 Å². The van der Waals surface area contributed by atoms with E-state index in [-0.39, 0.29) is 23.4 Å². The summed E-state index contributed by atoms with van der Waals surface area (Å²) >= 11 is 0. The van der Waals surface area contributed by atoms with Gasteiger partial charge in [-0.05, 0) is 31.0 Å². The zero-order valence-electron chi connectivity index (χ0n) is 12.5. The second kappa shape index (κ2) is 7.09. The van der Waals surface area contributed by atoms with Crippen molar-refractivity contribution in [3.63, 3.8) is 0 Å². The lowest BCUT2D eigenvalue weighted by Gasteiger charge is -2.17. The van der Waals surface area contributed by atoms with Gasteiger partial charge in [0.05, 0.1) is 17.4 Å². The molecule has 0 heterocycles. The summed E-state index contributed by atoms with van der Waals surface area (Å²) in [5.41, 5.74) is 0.156. The lowest BCUT2D eigenvalue weighted by molar-refractivity contribution is -0.124. The van der Waals surface area contributed by atoms with E-state index in [2.05, 4.69) is 10.0 Å². The number of hydrogen-bond acceptors (Lipinski definition) is 3. The van der Waals surface area contributed by atoms with Crippen molar-refractivity contribution in [2.45, 2.75) is 38.6 Å². The summed E-state index contributed by atoms with van der Waals surface area (Å²) in [6, 6.07) is 5.37. The number of anilines is 1. The first-order chi connectivity index (χ1) is 10.4. The number of rotatable bonds is 6. The van der Waals surface area contributed by atoms with Crippen LogP contribution >= 0.6 is 0 Å². The number of hydrogen-bond donors (Lipinski definition) is 2. The molecule has 1 saturated carbocycles. The molecule has 1 atom stereocenters. The number of halogens is 1.